The summed E-state index contributed by atoms with van der Waals surface area (Å²) in [5.74, 6) is -2.83. The van der Waals surface area contributed by atoms with Gasteiger partial charge in [-0.3, -0.25) is 19.2 Å². The number of nitrogens with zero attached hydrogens (tertiary/aromatic N) is 2. The van der Waals surface area contributed by atoms with Crippen LogP contribution in [-0.4, -0.2) is 104 Å². The van der Waals surface area contributed by atoms with E-state index in [0.717, 1.165) is 31.9 Å². The van der Waals surface area contributed by atoms with Gasteiger partial charge in [-0.2, -0.15) is 0 Å². The SMILES string of the molecule is C=CCNC(=O)C(=O)C(CCCC)NC(=O)[C@@H]1C[C@@H](C=C)CN1C(=O)[C@@H](NC(=O)NC1(CN(C)S(C)(=O)=O)CCCCC1)C(C)(C)C. The topological polar surface area (TPSA) is 174 Å². The number of carbonyl (C=O) groups is 5. The predicted molar refractivity (Wildman–Crippen MR) is 182 cm³/mol. The van der Waals surface area contributed by atoms with Gasteiger partial charge < -0.3 is 26.2 Å². The number of rotatable bonds is 16. The minimum absolute atomic E-state index is 0.103. The average Bonchev–Trinajstić information content (AvgIpc) is 3.44. The molecule has 0 bridgehead atoms. The number of amides is 5. The molecule has 4 N–H and O–H groups in total. The van der Waals surface area contributed by atoms with E-state index in [1.807, 2.05) is 6.92 Å². The van der Waals surface area contributed by atoms with Crippen LogP contribution in [0.15, 0.2) is 25.3 Å². The molecule has 1 saturated heterocycles. The first kappa shape index (κ1) is 39.9. The third kappa shape index (κ3) is 11.4. The number of ketones is 1. The molecular formula is C33H56N6O7S. The smallest absolute Gasteiger partial charge is 0.315 e. The van der Waals surface area contributed by atoms with E-state index in [1.165, 1.54) is 22.3 Å². The highest BCUT2D eigenvalue weighted by Crippen LogP contribution is 2.31. The van der Waals surface area contributed by atoms with Gasteiger partial charge in [0.1, 0.15) is 12.1 Å². The van der Waals surface area contributed by atoms with Crippen molar-refractivity contribution in [3.05, 3.63) is 25.3 Å². The fraction of sp³-hybridized carbons (Fsp3) is 0.727. The van der Waals surface area contributed by atoms with Crippen molar-refractivity contribution in [2.45, 2.75) is 109 Å². The van der Waals surface area contributed by atoms with Crippen LogP contribution in [0.25, 0.3) is 0 Å². The highest BCUT2D eigenvalue weighted by molar-refractivity contribution is 7.88. The normalized spacial score (nSPS) is 20.9. The Labute approximate surface area is 280 Å². The fourth-order valence-electron chi connectivity index (χ4n) is 6.20. The van der Waals surface area contributed by atoms with Crippen LogP contribution in [-0.2, 0) is 29.2 Å². The Kier molecular flexibility index (Phi) is 14.6. The van der Waals surface area contributed by atoms with Crippen LogP contribution in [0.5, 0.6) is 0 Å². The van der Waals surface area contributed by atoms with E-state index in [2.05, 4.69) is 34.4 Å². The summed E-state index contributed by atoms with van der Waals surface area (Å²) >= 11 is 0. The van der Waals surface area contributed by atoms with Gasteiger partial charge in [0, 0.05) is 26.7 Å². The van der Waals surface area contributed by atoms with Crippen LogP contribution < -0.4 is 21.3 Å². The van der Waals surface area contributed by atoms with Crippen molar-refractivity contribution in [3.63, 3.8) is 0 Å². The van der Waals surface area contributed by atoms with Gasteiger partial charge in [0.2, 0.25) is 27.6 Å². The van der Waals surface area contributed by atoms with Crippen LogP contribution >= 0.6 is 0 Å². The van der Waals surface area contributed by atoms with E-state index < -0.39 is 68.6 Å². The van der Waals surface area contributed by atoms with Gasteiger partial charge in [-0.15, -0.1) is 13.2 Å². The van der Waals surface area contributed by atoms with Crippen LogP contribution in [0.4, 0.5) is 4.79 Å². The van der Waals surface area contributed by atoms with Crippen LogP contribution in [0.3, 0.4) is 0 Å². The molecule has 2 fully saturated rings. The molecule has 266 valence electrons. The predicted octanol–water partition coefficient (Wildman–Crippen LogP) is 2.24. The first-order valence-corrected chi connectivity index (χ1v) is 18.4. The monoisotopic (exact) mass is 680 g/mol. The van der Waals surface area contributed by atoms with Crippen molar-refractivity contribution >= 4 is 39.6 Å². The molecule has 1 aliphatic heterocycles. The first-order valence-electron chi connectivity index (χ1n) is 16.6. The number of urea groups is 1. The molecule has 1 saturated carbocycles. The molecule has 14 heteroatoms. The number of Topliss-reactive ketones (excluding diaryl/α,β-unsaturated/α-hetero) is 1. The van der Waals surface area contributed by atoms with Crippen molar-refractivity contribution in [2.24, 2.45) is 11.3 Å². The minimum atomic E-state index is -3.49. The van der Waals surface area contributed by atoms with Crippen LogP contribution in [0.2, 0.25) is 0 Å². The fourth-order valence-corrected chi connectivity index (χ4v) is 6.69. The molecule has 5 amide bonds. The molecule has 2 rings (SSSR count). The zero-order valence-electron chi connectivity index (χ0n) is 29.0. The van der Waals surface area contributed by atoms with Crippen molar-refractivity contribution < 1.29 is 32.4 Å². The van der Waals surface area contributed by atoms with Gasteiger partial charge in [-0.05, 0) is 37.0 Å². The molecule has 2 aliphatic rings. The van der Waals surface area contributed by atoms with Gasteiger partial charge >= 0.3 is 6.03 Å². The van der Waals surface area contributed by atoms with E-state index in [-0.39, 0.29) is 38.4 Å². The molecule has 1 aliphatic carbocycles. The highest BCUT2D eigenvalue weighted by Gasteiger charge is 2.46. The van der Waals surface area contributed by atoms with Crippen molar-refractivity contribution in [1.82, 2.24) is 30.5 Å². The van der Waals surface area contributed by atoms with Crippen molar-refractivity contribution in [1.29, 1.82) is 0 Å². The Morgan fingerprint density at radius 2 is 1.70 bits per heavy atom. The highest BCUT2D eigenvalue weighted by atomic mass is 32.2. The summed E-state index contributed by atoms with van der Waals surface area (Å²) in [7, 11) is -2.01. The molecule has 1 unspecified atom stereocenters. The lowest BCUT2D eigenvalue weighted by Crippen LogP contribution is -2.63. The van der Waals surface area contributed by atoms with Gasteiger partial charge in [-0.1, -0.05) is 72.0 Å². The maximum absolute atomic E-state index is 14.2. The van der Waals surface area contributed by atoms with Crippen molar-refractivity contribution in [3.8, 4) is 0 Å². The standard InChI is InChI=1S/C33H56N6O7S/c1-9-12-16-24(26(40)29(42)34-19-10-2)35-28(41)25-20-23(11-3)21-39(25)30(43)27(32(4,5)6)36-31(44)37-33(17-14-13-15-18-33)22-38(7)47(8,45)46/h10-11,23-25,27H,2-3,9,12-22H2,1,4-8H3,(H,34,42)(H,35,41)(H2,36,37,44)/t23-,24?,25+,27-/m1/s1. The lowest BCUT2D eigenvalue weighted by Gasteiger charge is -2.41. The Balaban J connectivity index is 2.31. The summed E-state index contributed by atoms with van der Waals surface area (Å²) in [6, 6.07) is -3.66. The molecule has 0 aromatic heterocycles. The zero-order valence-corrected chi connectivity index (χ0v) is 29.8. The van der Waals surface area contributed by atoms with Crippen molar-refractivity contribution in [2.75, 3.05) is 32.9 Å². The summed E-state index contributed by atoms with van der Waals surface area (Å²) in [4.78, 5) is 68.4. The molecular weight excluding hydrogens is 624 g/mol. The van der Waals surface area contributed by atoms with E-state index in [9.17, 15) is 32.4 Å². The Hall–Kier alpha value is -3.26. The number of sulfonamides is 1. The number of hydrogen-bond acceptors (Lipinski definition) is 7. The summed E-state index contributed by atoms with van der Waals surface area (Å²) in [5, 5.41) is 11.1. The lowest BCUT2D eigenvalue weighted by molar-refractivity contribution is -0.143. The quantitative estimate of drug-likeness (QED) is 0.143. The lowest BCUT2D eigenvalue weighted by atomic mass is 9.81. The molecule has 1 heterocycles. The molecule has 13 nitrogen and oxygen atoms in total. The average molecular weight is 681 g/mol. The Morgan fingerprint density at radius 3 is 2.23 bits per heavy atom. The number of unbranched alkanes of at least 4 members (excludes halogenated alkanes) is 1. The third-order valence-electron chi connectivity index (χ3n) is 9.03. The zero-order chi connectivity index (χ0) is 35.6. The first-order chi connectivity index (χ1) is 21.9. The van der Waals surface area contributed by atoms with E-state index in [1.54, 1.807) is 26.8 Å². The maximum Gasteiger partial charge on any atom is 0.315 e. The molecule has 0 radical (unpaired) electrons. The molecule has 0 aromatic rings. The summed E-state index contributed by atoms with van der Waals surface area (Å²) in [5.41, 5.74) is -1.57. The second kappa shape index (κ2) is 17.2. The summed E-state index contributed by atoms with van der Waals surface area (Å²) < 4.78 is 25.7. The number of carbonyl (C=O) groups excluding carboxylic acids is 5. The number of hydrogen-bond donors (Lipinski definition) is 4. The molecule has 4 atom stereocenters. The van der Waals surface area contributed by atoms with E-state index in [4.69, 9.17) is 0 Å². The second-order valence-electron chi connectivity index (χ2n) is 14.1. The van der Waals surface area contributed by atoms with Gasteiger partial charge in [-0.25, -0.2) is 17.5 Å². The summed E-state index contributed by atoms with van der Waals surface area (Å²) in [6.45, 7) is 15.1. The molecule has 0 aromatic carbocycles. The number of nitrogens with one attached hydrogen (secondary N) is 4. The third-order valence-corrected chi connectivity index (χ3v) is 10.3. The Morgan fingerprint density at radius 1 is 1.06 bits per heavy atom. The molecule has 47 heavy (non-hydrogen) atoms. The van der Waals surface area contributed by atoms with Gasteiger partial charge in [0.05, 0.1) is 17.8 Å². The number of likely N-dealkylation sites (N-methyl/N-ethyl adjacent to an activating group) is 1. The minimum Gasteiger partial charge on any atom is -0.346 e. The maximum atomic E-state index is 14.2. The van der Waals surface area contributed by atoms with Crippen LogP contribution in [0, 0.1) is 11.3 Å². The van der Waals surface area contributed by atoms with E-state index in [0.29, 0.717) is 19.3 Å². The summed E-state index contributed by atoms with van der Waals surface area (Å²) in [6.07, 6.45) is 9.92. The number of likely N-dealkylation sites (tertiary alicyclic amines) is 1. The largest absolute Gasteiger partial charge is 0.346 e. The van der Waals surface area contributed by atoms with E-state index >= 15 is 0 Å². The Bertz CT molecular complexity index is 1270. The van der Waals surface area contributed by atoms with Gasteiger partial charge in [0.15, 0.2) is 0 Å². The second-order valence-corrected chi connectivity index (χ2v) is 16.2. The molecule has 0 spiro atoms. The van der Waals surface area contributed by atoms with Gasteiger partial charge in [0.25, 0.3) is 5.91 Å². The van der Waals surface area contributed by atoms with Crippen LogP contribution in [0.1, 0.15) is 85.5 Å².